The number of carbonyl (C=O) groups is 1. The van der Waals surface area contributed by atoms with Crippen molar-refractivity contribution in [3.05, 3.63) is 12.0 Å². The maximum absolute atomic E-state index is 11.4. The van der Waals surface area contributed by atoms with Crippen molar-refractivity contribution in [2.24, 2.45) is 5.73 Å². The zero-order chi connectivity index (χ0) is 5.86. The standard InChI is InChI=1S/C3H4FNO2/c4-2(1-5)3(6)7/h1H,5H2,(H,6,7). The van der Waals surface area contributed by atoms with Gasteiger partial charge < -0.3 is 10.8 Å². The number of carboxylic acid groups (broad SMARTS) is 1. The first-order chi connectivity index (χ1) is 3.18. The Hall–Kier alpha value is -1.06. The molecule has 0 radical (unpaired) electrons. The molecule has 0 spiro atoms. The number of aliphatic carboxylic acids is 1. The van der Waals surface area contributed by atoms with Crippen LogP contribution in [0, 0.1) is 0 Å². The number of hydrogen-bond acceptors (Lipinski definition) is 2. The summed E-state index contributed by atoms with van der Waals surface area (Å²) in [6.45, 7) is 0. The van der Waals surface area contributed by atoms with Crippen LogP contribution in [0.3, 0.4) is 0 Å². The van der Waals surface area contributed by atoms with E-state index in [0.29, 0.717) is 6.20 Å². The minimum Gasteiger partial charge on any atom is -0.476 e. The highest BCUT2D eigenvalue weighted by molar-refractivity contribution is 5.83. The van der Waals surface area contributed by atoms with E-state index in [1.165, 1.54) is 0 Å². The number of hydrogen-bond donors (Lipinski definition) is 2. The first kappa shape index (κ1) is 5.94. The maximum Gasteiger partial charge on any atom is 0.366 e. The first-order valence-corrected chi connectivity index (χ1v) is 1.49. The predicted octanol–water partition coefficient (Wildman–Crippen LogP) is -0.159. The van der Waals surface area contributed by atoms with Crippen LogP contribution >= 0.6 is 0 Å². The van der Waals surface area contributed by atoms with Crippen molar-refractivity contribution < 1.29 is 14.3 Å². The Labute approximate surface area is 39.2 Å². The molecule has 0 saturated heterocycles. The van der Waals surface area contributed by atoms with E-state index >= 15 is 0 Å². The third-order valence-corrected chi connectivity index (χ3v) is 0.351. The summed E-state index contributed by atoms with van der Waals surface area (Å²) in [5.74, 6) is -2.97. The Morgan fingerprint density at radius 1 is 1.86 bits per heavy atom. The molecule has 7 heavy (non-hydrogen) atoms. The van der Waals surface area contributed by atoms with Gasteiger partial charge in [-0.05, 0) is 0 Å². The number of halogens is 1. The molecule has 0 aromatic carbocycles. The molecule has 0 heterocycles. The maximum atomic E-state index is 11.4. The Kier molecular flexibility index (Phi) is 1.84. The van der Waals surface area contributed by atoms with Crippen molar-refractivity contribution in [1.82, 2.24) is 0 Å². The van der Waals surface area contributed by atoms with Crippen molar-refractivity contribution in [3.63, 3.8) is 0 Å². The zero-order valence-corrected chi connectivity index (χ0v) is 3.39. The van der Waals surface area contributed by atoms with E-state index in [9.17, 15) is 9.18 Å². The molecular formula is C3H4FNO2. The lowest BCUT2D eigenvalue weighted by atomic mass is 10.6. The topological polar surface area (TPSA) is 63.3 Å². The summed E-state index contributed by atoms with van der Waals surface area (Å²) in [7, 11) is 0. The van der Waals surface area contributed by atoms with Gasteiger partial charge in [0, 0.05) is 6.20 Å². The largest absolute Gasteiger partial charge is 0.476 e. The Morgan fingerprint density at radius 3 is 2.29 bits per heavy atom. The summed E-state index contributed by atoms with van der Waals surface area (Å²) >= 11 is 0. The number of carboxylic acids is 1. The molecular weight excluding hydrogens is 101 g/mol. The fourth-order valence-corrected chi connectivity index (χ4v) is 0.0713. The minimum absolute atomic E-state index is 0.391. The lowest BCUT2D eigenvalue weighted by molar-refractivity contribution is -0.134. The molecule has 0 rings (SSSR count). The second kappa shape index (κ2) is 2.17. The Bertz CT molecular complexity index is 110. The van der Waals surface area contributed by atoms with Crippen molar-refractivity contribution in [2.45, 2.75) is 0 Å². The molecule has 3 N–H and O–H groups in total. The van der Waals surface area contributed by atoms with Crippen LogP contribution in [0.1, 0.15) is 0 Å². The van der Waals surface area contributed by atoms with Crippen LogP contribution in [-0.2, 0) is 4.79 Å². The molecule has 0 aliphatic carbocycles. The van der Waals surface area contributed by atoms with E-state index in [2.05, 4.69) is 5.73 Å². The molecule has 40 valence electrons. The smallest absolute Gasteiger partial charge is 0.366 e. The average molecular weight is 105 g/mol. The molecule has 3 nitrogen and oxygen atoms in total. The van der Waals surface area contributed by atoms with Gasteiger partial charge in [-0.2, -0.15) is 4.39 Å². The van der Waals surface area contributed by atoms with E-state index in [0.717, 1.165) is 0 Å². The summed E-state index contributed by atoms with van der Waals surface area (Å²) < 4.78 is 11.4. The zero-order valence-electron chi connectivity index (χ0n) is 3.39. The molecule has 0 atom stereocenters. The van der Waals surface area contributed by atoms with E-state index in [4.69, 9.17) is 5.11 Å². The average Bonchev–Trinajstić information content (AvgIpc) is 1.65. The van der Waals surface area contributed by atoms with E-state index in [-0.39, 0.29) is 0 Å². The summed E-state index contributed by atoms with van der Waals surface area (Å²) in [5.41, 5.74) is 4.46. The minimum atomic E-state index is -1.64. The van der Waals surface area contributed by atoms with Crippen molar-refractivity contribution in [1.29, 1.82) is 0 Å². The van der Waals surface area contributed by atoms with E-state index in [1.807, 2.05) is 0 Å². The third kappa shape index (κ3) is 1.75. The molecule has 0 aromatic rings. The van der Waals surface area contributed by atoms with Crippen LogP contribution in [0.5, 0.6) is 0 Å². The lowest BCUT2D eigenvalue weighted by Gasteiger charge is -1.79. The van der Waals surface area contributed by atoms with Gasteiger partial charge in [-0.1, -0.05) is 0 Å². The molecule has 0 fully saturated rings. The number of rotatable bonds is 1. The van der Waals surface area contributed by atoms with Crippen LogP contribution in [0.4, 0.5) is 4.39 Å². The van der Waals surface area contributed by atoms with Gasteiger partial charge in [0.25, 0.3) is 0 Å². The van der Waals surface area contributed by atoms with Crippen molar-refractivity contribution >= 4 is 5.97 Å². The summed E-state index contributed by atoms with van der Waals surface area (Å²) in [4.78, 5) is 9.41. The SMILES string of the molecule is NC=C(F)C(=O)O. The second-order valence-electron chi connectivity index (χ2n) is 0.820. The highest BCUT2D eigenvalue weighted by atomic mass is 19.1. The highest BCUT2D eigenvalue weighted by Crippen LogP contribution is 1.89. The van der Waals surface area contributed by atoms with Gasteiger partial charge in [-0.15, -0.1) is 0 Å². The molecule has 0 aliphatic heterocycles. The quantitative estimate of drug-likeness (QED) is 0.455. The van der Waals surface area contributed by atoms with Crippen LogP contribution in [-0.4, -0.2) is 11.1 Å². The van der Waals surface area contributed by atoms with E-state index in [1.54, 1.807) is 0 Å². The van der Waals surface area contributed by atoms with Gasteiger partial charge in [0.2, 0.25) is 5.83 Å². The molecule has 0 aromatic heterocycles. The monoisotopic (exact) mass is 105 g/mol. The summed E-state index contributed by atoms with van der Waals surface area (Å²) in [6, 6.07) is 0. The van der Waals surface area contributed by atoms with Gasteiger partial charge in [0.15, 0.2) is 0 Å². The van der Waals surface area contributed by atoms with Gasteiger partial charge in [0.05, 0.1) is 0 Å². The van der Waals surface area contributed by atoms with Crippen LogP contribution < -0.4 is 5.73 Å². The second-order valence-corrected chi connectivity index (χ2v) is 0.820. The summed E-state index contributed by atoms with van der Waals surface area (Å²) in [5, 5.41) is 7.66. The molecule has 0 saturated carbocycles. The van der Waals surface area contributed by atoms with Gasteiger partial charge in [-0.25, -0.2) is 4.79 Å². The predicted molar refractivity (Wildman–Crippen MR) is 21.0 cm³/mol. The fourth-order valence-electron chi connectivity index (χ4n) is 0.0713. The van der Waals surface area contributed by atoms with Crippen LogP contribution in [0.15, 0.2) is 12.0 Å². The Balaban J connectivity index is 3.82. The molecule has 4 heteroatoms. The molecule has 0 amide bonds. The van der Waals surface area contributed by atoms with Crippen LogP contribution in [0.2, 0.25) is 0 Å². The van der Waals surface area contributed by atoms with Gasteiger partial charge >= 0.3 is 5.97 Å². The molecule has 0 aliphatic rings. The van der Waals surface area contributed by atoms with E-state index < -0.39 is 11.8 Å². The lowest BCUT2D eigenvalue weighted by Crippen LogP contribution is -1.96. The highest BCUT2D eigenvalue weighted by Gasteiger charge is 2.00. The van der Waals surface area contributed by atoms with Crippen LogP contribution in [0.25, 0.3) is 0 Å². The third-order valence-electron chi connectivity index (χ3n) is 0.351. The first-order valence-electron chi connectivity index (χ1n) is 1.49. The molecule has 0 bridgehead atoms. The summed E-state index contributed by atoms with van der Waals surface area (Å²) in [6.07, 6.45) is 0.391. The number of nitrogens with two attached hydrogens (primary N) is 1. The normalized spacial score (nSPS) is 11.3. The van der Waals surface area contributed by atoms with Gasteiger partial charge in [0.1, 0.15) is 0 Å². The fraction of sp³-hybridized carbons (Fsp3) is 0. The van der Waals surface area contributed by atoms with Crippen molar-refractivity contribution in [3.8, 4) is 0 Å². The Morgan fingerprint density at radius 2 is 2.29 bits per heavy atom. The van der Waals surface area contributed by atoms with Gasteiger partial charge in [-0.3, -0.25) is 0 Å². The van der Waals surface area contributed by atoms with Crippen molar-refractivity contribution in [2.75, 3.05) is 0 Å². The molecule has 0 unspecified atom stereocenters.